The summed E-state index contributed by atoms with van der Waals surface area (Å²) in [6, 6.07) is 0.147. The molecule has 1 rings (SSSR count). The van der Waals surface area contributed by atoms with Crippen LogP contribution in [0.1, 0.15) is 47.5 Å². The summed E-state index contributed by atoms with van der Waals surface area (Å²) in [6.45, 7) is 10.9. The van der Waals surface area contributed by atoms with Crippen LogP contribution in [0.15, 0.2) is 0 Å². The van der Waals surface area contributed by atoms with Crippen LogP contribution in [0.4, 0.5) is 0 Å². The monoisotopic (exact) mass is 302 g/mol. The van der Waals surface area contributed by atoms with E-state index in [0.717, 1.165) is 12.8 Å². The quantitative estimate of drug-likeness (QED) is 0.814. The Kier molecular flexibility index (Phi) is 5.47. The van der Waals surface area contributed by atoms with E-state index in [1.165, 1.54) is 0 Å². The summed E-state index contributed by atoms with van der Waals surface area (Å²) in [5.41, 5.74) is -0.878. The minimum absolute atomic E-state index is 0.00639. The molecule has 0 bridgehead atoms. The van der Waals surface area contributed by atoms with E-state index in [-0.39, 0.29) is 23.3 Å². The second kappa shape index (κ2) is 6.33. The first-order chi connectivity index (χ1) is 9.08. The van der Waals surface area contributed by atoms with Crippen LogP contribution in [0.2, 0.25) is 0 Å². The summed E-state index contributed by atoms with van der Waals surface area (Å²) in [6.07, 6.45) is 1.62. The number of amides is 2. The van der Waals surface area contributed by atoms with Gasteiger partial charge in [-0.05, 0) is 26.7 Å². The van der Waals surface area contributed by atoms with Crippen LogP contribution < -0.4 is 5.32 Å². The molecule has 116 valence electrons. The molecule has 0 aromatic carbocycles. The van der Waals surface area contributed by atoms with Gasteiger partial charge in [0.25, 0.3) is 0 Å². The van der Waals surface area contributed by atoms with E-state index in [4.69, 9.17) is 11.6 Å². The smallest absolute Gasteiger partial charge is 0.227 e. The topological polar surface area (TPSA) is 49.4 Å². The Morgan fingerprint density at radius 1 is 1.15 bits per heavy atom. The van der Waals surface area contributed by atoms with Gasteiger partial charge in [0, 0.05) is 30.4 Å². The summed E-state index contributed by atoms with van der Waals surface area (Å²) in [7, 11) is 0. The third kappa shape index (κ3) is 4.37. The van der Waals surface area contributed by atoms with Crippen LogP contribution in [-0.4, -0.2) is 41.7 Å². The van der Waals surface area contributed by atoms with Crippen molar-refractivity contribution < 1.29 is 9.59 Å². The third-order valence-electron chi connectivity index (χ3n) is 3.71. The van der Waals surface area contributed by atoms with Gasteiger partial charge in [0.05, 0.1) is 5.41 Å². The second-order valence-electron chi connectivity index (χ2n) is 7.31. The van der Waals surface area contributed by atoms with Gasteiger partial charge in [0.2, 0.25) is 11.8 Å². The van der Waals surface area contributed by atoms with Gasteiger partial charge in [0.15, 0.2) is 0 Å². The Labute approximate surface area is 127 Å². The maximum Gasteiger partial charge on any atom is 0.227 e. The molecular formula is C15H27ClN2O2. The van der Waals surface area contributed by atoms with E-state index in [0.29, 0.717) is 19.0 Å². The van der Waals surface area contributed by atoms with Crippen molar-refractivity contribution in [1.82, 2.24) is 10.2 Å². The van der Waals surface area contributed by atoms with E-state index in [1.807, 2.05) is 39.5 Å². The highest BCUT2D eigenvalue weighted by Gasteiger charge is 2.33. The summed E-state index contributed by atoms with van der Waals surface area (Å²) in [5.74, 6) is 0.483. The number of likely N-dealkylation sites (tertiary alicyclic amines) is 1. The molecule has 0 atom stereocenters. The number of rotatable bonds is 3. The molecule has 1 heterocycles. The number of carbonyl (C=O) groups is 2. The van der Waals surface area contributed by atoms with E-state index in [2.05, 4.69) is 5.32 Å². The lowest BCUT2D eigenvalue weighted by molar-refractivity contribution is -0.140. The highest BCUT2D eigenvalue weighted by atomic mass is 35.5. The molecule has 0 aromatic rings. The third-order valence-corrected chi connectivity index (χ3v) is 4.38. The molecule has 1 aliphatic heterocycles. The molecule has 0 aliphatic carbocycles. The van der Waals surface area contributed by atoms with Gasteiger partial charge in [-0.25, -0.2) is 0 Å². The summed E-state index contributed by atoms with van der Waals surface area (Å²) in [4.78, 5) is 26.1. The predicted octanol–water partition coefficient (Wildman–Crippen LogP) is 2.40. The zero-order valence-corrected chi connectivity index (χ0v) is 14.0. The first-order valence-corrected chi connectivity index (χ1v) is 7.77. The highest BCUT2D eigenvalue weighted by molar-refractivity contribution is 6.19. The molecule has 0 unspecified atom stereocenters. The van der Waals surface area contributed by atoms with Gasteiger partial charge >= 0.3 is 0 Å². The molecule has 0 aromatic heterocycles. The van der Waals surface area contributed by atoms with Crippen LogP contribution in [-0.2, 0) is 9.59 Å². The minimum atomic E-state index is -0.542. The standard InChI is InChI=1S/C15H27ClN2O2/c1-14(2,3)13(20)18-8-6-11(7-9-18)17-12(19)15(4,5)10-16/h11H,6-10H2,1-5H3,(H,17,19). The van der Waals surface area contributed by atoms with Crippen molar-refractivity contribution >= 4 is 23.4 Å². The van der Waals surface area contributed by atoms with Crippen molar-refractivity contribution in [1.29, 1.82) is 0 Å². The van der Waals surface area contributed by atoms with Crippen molar-refractivity contribution in [2.24, 2.45) is 10.8 Å². The van der Waals surface area contributed by atoms with Crippen LogP contribution in [0.25, 0.3) is 0 Å². The number of halogens is 1. The Morgan fingerprint density at radius 2 is 1.65 bits per heavy atom. The molecule has 1 fully saturated rings. The molecule has 0 spiro atoms. The van der Waals surface area contributed by atoms with Crippen LogP contribution >= 0.6 is 11.6 Å². The fourth-order valence-corrected chi connectivity index (χ4v) is 2.26. The molecule has 1 N–H and O–H groups in total. The summed E-state index contributed by atoms with van der Waals surface area (Å²) in [5, 5.41) is 3.05. The molecule has 20 heavy (non-hydrogen) atoms. The number of nitrogens with zero attached hydrogens (tertiary/aromatic N) is 1. The molecular weight excluding hydrogens is 276 g/mol. The molecule has 1 saturated heterocycles. The maximum atomic E-state index is 12.2. The second-order valence-corrected chi connectivity index (χ2v) is 7.57. The van der Waals surface area contributed by atoms with Crippen LogP contribution in [0.3, 0.4) is 0 Å². The number of hydrogen-bond donors (Lipinski definition) is 1. The molecule has 2 amide bonds. The zero-order valence-electron chi connectivity index (χ0n) is 13.3. The molecule has 4 nitrogen and oxygen atoms in total. The van der Waals surface area contributed by atoms with Gasteiger partial charge in [-0.15, -0.1) is 11.6 Å². The Bertz CT molecular complexity index is 367. The molecule has 0 saturated carbocycles. The highest BCUT2D eigenvalue weighted by Crippen LogP contribution is 2.22. The van der Waals surface area contributed by atoms with E-state index >= 15 is 0 Å². The fraction of sp³-hybridized carbons (Fsp3) is 0.867. The average molecular weight is 303 g/mol. The number of carbonyl (C=O) groups excluding carboxylic acids is 2. The average Bonchev–Trinajstić information content (AvgIpc) is 2.37. The van der Waals surface area contributed by atoms with Crippen molar-refractivity contribution in [2.45, 2.75) is 53.5 Å². The number of nitrogens with one attached hydrogen (secondary N) is 1. The van der Waals surface area contributed by atoms with E-state index in [1.54, 1.807) is 0 Å². The number of piperidine rings is 1. The van der Waals surface area contributed by atoms with Crippen molar-refractivity contribution in [3.63, 3.8) is 0 Å². The van der Waals surface area contributed by atoms with Crippen LogP contribution in [0, 0.1) is 10.8 Å². The largest absolute Gasteiger partial charge is 0.353 e. The maximum absolute atomic E-state index is 12.2. The zero-order chi connectivity index (χ0) is 15.6. The lowest BCUT2D eigenvalue weighted by Crippen LogP contribution is -2.51. The number of alkyl halides is 1. The summed E-state index contributed by atoms with van der Waals surface area (Å²) < 4.78 is 0. The first kappa shape index (κ1) is 17.3. The van der Waals surface area contributed by atoms with Crippen molar-refractivity contribution in [3.05, 3.63) is 0 Å². The van der Waals surface area contributed by atoms with Crippen LogP contribution in [0.5, 0.6) is 0 Å². The normalized spacial score (nSPS) is 18.0. The fourth-order valence-electron chi connectivity index (χ4n) is 2.14. The lowest BCUT2D eigenvalue weighted by atomic mass is 9.92. The lowest BCUT2D eigenvalue weighted by Gasteiger charge is -2.36. The Morgan fingerprint density at radius 3 is 2.05 bits per heavy atom. The predicted molar refractivity (Wildman–Crippen MR) is 81.7 cm³/mol. The van der Waals surface area contributed by atoms with Crippen molar-refractivity contribution in [2.75, 3.05) is 19.0 Å². The van der Waals surface area contributed by atoms with Gasteiger partial charge in [-0.3, -0.25) is 9.59 Å². The molecule has 1 aliphatic rings. The van der Waals surface area contributed by atoms with Gasteiger partial charge in [-0.2, -0.15) is 0 Å². The van der Waals surface area contributed by atoms with E-state index < -0.39 is 5.41 Å². The SMILES string of the molecule is CC(C)(C)C(=O)N1CCC(NC(=O)C(C)(C)CCl)CC1. The van der Waals surface area contributed by atoms with Crippen molar-refractivity contribution in [3.8, 4) is 0 Å². The van der Waals surface area contributed by atoms with Gasteiger partial charge < -0.3 is 10.2 Å². The Balaban J connectivity index is 2.48. The minimum Gasteiger partial charge on any atom is -0.353 e. The number of hydrogen-bond acceptors (Lipinski definition) is 2. The van der Waals surface area contributed by atoms with Gasteiger partial charge in [-0.1, -0.05) is 20.8 Å². The van der Waals surface area contributed by atoms with E-state index in [9.17, 15) is 9.59 Å². The summed E-state index contributed by atoms with van der Waals surface area (Å²) >= 11 is 5.81. The Hall–Kier alpha value is -0.770. The first-order valence-electron chi connectivity index (χ1n) is 7.24. The van der Waals surface area contributed by atoms with Gasteiger partial charge in [0.1, 0.15) is 0 Å². The molecule has 0 radical (unpaired) electrons. The molecule has 5 heteroatoms.